The van der Waals surface area contributed by atoms with Crippen LogP contribution in [0.1, 0.15) is 109 Å². The number of hydrogen-bond acceptors (Lipinski definition) is 13. The van der Waals surface area contributed by atoms with Crippen LogP contribution < -0.4 is 20.7 Å². The van der Waals surface area contributed by atoms with E-state index in [1.165, 1.54) is 17.4 Å². The van der Waals surface area contributed by atoms with Gasteiger partial charge in [-0.25, -0.2) is 27.8 Å². The fourth-order valence-corrected chi connectivity index (χ4v) is 12.5. The molecule has 4 N–H and O–H groups in total. The van der Waals surface area contributed by atoms with Gasteiger partial charge in [0.05, 0.1) is 43.8 Å². The van der Waals surface area contributed by atoms with Crippen LogP contribution in [0.25, 0.3) is 21.8 Å². The number of aromatic nitrogens is 3. The third-order valence-corrected chi connectivity index (χ3v) is 16.4. The Hall–Kier alpha value is -5.82. The average Bonchev–Trinajstić information content (AvgIpc) is 3.83. The van der Waals surface area contributed by atoms with Gasteiger partial charge in [-0.2, -0.15) is 0 Å². The summed E-state index contributed by atoms with van der Waals surface area (Å²) >= 11 is 1.45. The van der Waals surface area contributed by atoms with E-state index in [0.717, 1.165) is 54.1 Å². The number of halogens is 1. The average molecular weight is 912 g/mol. The molecule has 19 heteroatoms. The summed E-state index contributed by atoms with van der Waals surface area (Å²) in [6.45, 7) is 4.38. The SMILES string of the molecule is CCCS(=O)(=O)Nc1cccc(-c2nc(C3CCC4(CC3)CCN(C(=O)C3CCN(c5ccc6c(c5)C(=O)N([C@@H]5CCC(=O)NC5=O)C6=O)CC3)CC4)sc2-c2ccnc(N)n2)c1F. The molecule has 4 fully saturated rings. The number of carbonyl (C=O) groups excluding carboxylic acids is 5. The lowest BCUT2D eigenvalue weighted by atomic mass is 9.65. The van der Waals surface area contributed by atoms with E-state index in [4.69, 9.17) is 10.7 Å². The third kappa shape index (κ3) is 8.34. The zero-order valence-corrected chi connectivity index (χ0v) is 37.1. The lowest BCUT2D eigenvalue weighted by molar-refractivity contribution is -0.139. The van der Waals surface area contributed by atoms with Crippen molar-refractivity contribution in [2.24, 2.45) is 11.3 Å². The lowest BCUT2D eigenvalue weighted by Gasteiger charge is -2.46. The topological polar surface area (TPSA) is 218 Å². The largest absolute Gasteiger partial charge is 0.371 e. The molecule has 0 radical (unpaired) electrons. The van der Waals surface area contributed by atoms with Gasteiger partial charge in [-0.15, -0.1) is 11.3 Å². The molecule has 6 heterocycles. The molecule has 4 aliphatic heterocycles. The normalized spacial score (nSPS) is 20.8. The van der Waals surface area contributed by atoms with Crippen LogP contribution in [0.15, 0.2) is 48.7 Å². The lowest BCUT2D eigenvalue weighted by Crippen LogP contribution is -2.54. The highest BCUT2D eigenvalue weighted by Crippen LogP contribution is 2.51. The van der Waals surface area contributed by atoms with Crippen molar-refractivity contribution >= 4 is 68.2 Å². The van der Waals surface area contributed by atoms with E-state index in [-0.39, 0.29) is 70.1 Å². The van der Waals surface area contributed by atoms with E-state index >= 15 is 4.39 Å². The van der Waals surface area contributed by atoms with Crippen LogP contribution in [0.2, 0.25) is 0 Å². The van der Waals surface area contributed by atoms with E-state index in [0.29, 0.717) is 61.7 Å². The second-order valence-corrected chi connectivity index (χ2v) is 20.5. The number of nitrogens with one attached hydrogen (secondary N) is 2. The van der Waals surface area contributed by atoms with E-state index in [9.17, 15) is 32.4 Å². The Bertz CT molecular complexity index is 2650. The van der Waals surface area contributed by atoms with Crippen molar-refractivity contribution in [2.75, 3.05) is 47.3 Å². The molecule has 5 amide bonds. The van der Waals surface area contributed by atoms with E-state index in [2.05, 4.69) is 24.9 Å². The summed E-state index contributed by atoms with van der Waals surface area (Å²) in [5.41, 5.74) is 8.26. The Morgan fingerprint density at radius 3 is 2.36 bits per heavy atom. The standard InChI is InChI=1S/C45H50FN9O7S2/c1-2-24-64(61,62)52-32-5-3-4-30(36(32)46)37-38(33-12-19-48-44(47)49-33)63-40(51-37)26-10-15-45(16-11-26)17-22-54(23-18-45)41(58)27-13-20-53(21-14-27)28-6-7-29-31(25-28)43(60)55(42(29)59)34-8-9-35(56)50-39(34)57/h3-7,12,19,25-27,34,52H,2,8-11,13-18,20-24H2,1H3,(H2,47,48,49)(H,50,56,57)/t34-/m1/s1. The van der Waals surface area contributed by atoms with Crippen molar-refractivity contribution in [3.05, 3.63) is 70.6 Å². The highest BCUT2D eigenvalue weighted by atomic mass is 32.2. The molecular formula is C45H50FN9O7S2. The minimum atomic E-state index is -3.74. The number of rotatable bonds is 10. The number of hydrogen-bond donors (Lipinski definition) is 3. The Kier molecular flexibility index (Phi) is 11.7. The second-order valence-electron chi connectivity index (χ2n) is 17.7. The highest BCUT2D eigenvalue weighted by molar-refractivity contribution is 7.92. The Morgan fingerprint density at radius 1 is 0.922 bits per heavy atom. The van der Waals surface area contributed by atoms with Gasteiger partial charge in [0.15, 0.2) is 5.82 Å². The molecule has 1 spiro atoms. The fourth-order valence-electron chi connectivity index (χ4n) is 10.1. The van der Waals surface area contributed by atoms with E-state index < -0.39 is 45.5 Å². The molecule has 1 saturated carbocycles. The molecular weight excluding hydrogens is 862 g/mol. The number of sulfonamides is 1. The van der Waals surface area contributed by atoms with Crippen LogP contribution in [0, 0.1) is 17.2 Å². The van der Waals surface area contributed by atoms with E-state index in [1.54, 1.807) is 43.5 Å². The Labute approximate surface area is 374 Å². The number of likely N-dealkylation sites (tertiary alicyclic amines) is 1. The second kappa shape index (κ2) is 17.3. The maximum absolute atomic E-state index is 16.1. The first-order valence-electron chi connectivity index (χ1n) is 22.0. The number of nitrogens with two attached hydrogens (primary N) is 1. The Balaban J connectivity index is 0.811. The minimum absolute atomic E-state index is 0.0570. The van der Waals surface area contributed by atoms with Crippen LogP contribution in [0.3, 0.4) is 0 Å². The van der Waals surface area contributed by atoms with Crippen molar-refractivity contribution in [2.45, 2.75) is 89.5 Å². The van der Waals surface area contributed by atoms with Gasteiger partial charge >= 0.3 is 0 Å². The van der Waals surface area contributed by atoms with Gasteiger partial charge < -0.3 is 15.5 Å². The number of thiazole rings is 1. The highest BCUT2D eigenvalue weighted by Gasteiger charge is 2.45. The van der Waals surface area contributed by atoms with Crippen molar-refractivity contribution in [1.29, 1.82) is 0 Å². The first-order chi connectivity index (χ1) is 30.7. The van der Waals surface area contributed by atoms with Gasteiger partial charge in [-0.05, 0) is 106 Å². The van der Waals surface area contributed by atoms with Gasteiger partial charge in [-0.1, -0.05) is 13.0 Å². The zero-order chi connectivity index (χ0) is 44.9. The number of nitrogens with zero attached hydrogens (tertiary/aromatic N) is 6. The molecule has 2 aromatic heterocycles. The van der Waals surface area contributed by atoms with Crippen molar-refractivity contribution < 1.29 is 36.8 Å². The number of amides is 5. The fraction of sp³-hybridized carbons (Fsp3) is 0.467. The van der Waals surface area contributed by atoms with Crippen LogP contribution in [0.4, 0.5) is 21.7 Å². The number of anilines is 3. The van der Waals surface area contributed by atoms with Crippen molar-refractivity contribution in [3.8, 4) is 21.8 Å². The maximum Gasteiger partial charge on any atom is 0.262 e. The van der Waals surface area contributed by atoms with Gasteiger partial charge in [0.25, 0.3) is 11.8 Å². The summed E-state index contributed by atoms with van der Waals surface area (Å²) in [7, 11) is -3.74. The van der Waals surface area contributed by atoms with Crippen LogP contribution >= 0.6 is 11.3 Å². The first kappa shape index (κ1) is 43.4. The van der Waals surface area contributed by atoms with Gasteiger partial charge in [0, 0.05) is 61.9 Å². The molecule has 1 atom stereocenters. The molecule has 3 saturated heterocycles. The molecule has 2 aromatic carbocycles. The van der Waals surface area contributed by atoms with Gasteiger partial charge in [-0.3, -0.25) is 38.9 Å². The molecule has 0 unspecified atom stereocenters. The smallest absolute Gasteiger partial charge is 0.262 e. The summed E-state index contributed by atoms with van der Waals surface area (Å²) in [5.74, 6) is -2.71. The number of piperidine rings is 3. The molecule has 336 valence electrons. The number of benzene rings is 2. The van der Waals surface area contributed by atoms with Gasteiger partial charge in [0.1, 0.15) is 6.04 Å². The molecule has 1 aliphatic carbocycles. The number of nitrogen functional groups attached to an aromatic ring is 1. The maximum atomic E-state index is 16.1. The van der Waals surface area contributed by atoms with Crippen LogP contribution in [0.5, 0.6) is 0 Å². The summed E-state index contributed by atoms with van der Waals surface area (Å²) in [6, 6.07) is 10.4. The van der Waals surface area contributed by atoms with Crippen LogP contribution in [-0.2, 0) is 24.4 Å². The first-order valence-corrected chi connectivity index (χ1v) is 24.5. The Morgan fingerprint density at radius 2 is 1.66 bits per heavy atom. The molecule has 64 heavy (non-hydrogen) atoms. The summed E-state index contributed by atoms with van der Waals surface area (Å²) in [4.78, 5) is 83.9. The summed E-state index contributed by atoms with van der Waals surface area (Å²) in [5, 5.41) is 3.09. The monoisotopic (exact) mass is 911 g/mol. The molecule has 9 rings (SSSR count). The van der Waals surface area contributed by atoms with Crippen LogP contribution in [-0.4, -0.2) is 101 Å². The molecule has 5 aliphatic rings. The summed E-state index contributed by atoms with van der Waals surface area (Å²) < 4.78 is 43.7. The molecule has 16 nitrogen and oxygen atoms in total. The number of imide groups is 2. The predicted molar refractivity (Wildman–Crippen MR) is 238 cm³/mol. The van der Waals surface area contributed by atoms with E-state index in [1.807, 2.05) is 11.0 Å². The predicted octanol–water partition coefficient (Wildman–Crippen LogP) is 5.72. The minimum Gasteiger partial charge on any atom is -0.371 e. The quantitative estimate of drug-likeness (QED) is 0.163. The summed E-state index contributed by atoms with van der Waals surface area (Å²) in [6.07, 6.45) is 8.99. The van der Waals surface area contributed by atoms with Gasteiger partial charge in [0.2, 0.25) is 33.7 Å². The number of carbonyl (C=O) groups is 5. The van der Waals surface area contributed by atoms with Crippen molar-refractivity contribution in [1.82, 2.24) is 30.1 Å². The van der Waals surface area contributed by atoms with Crippen molar-refractivity contribution in [3.63, 3.8) is 0 Å². The third-order valence-electron chi connectivity index (χ3n) is 13.7. The molecule has 0 bridgehead atoms. The zero-order valence-electron chi connectivity index (χ0n) is 35.5. The molecule has 4 aromatic rings. The number of fused-ring (bicyclic) bond motifs is 1.